The van der Waals surface area contributed by atoms with Gasteiger partial charge in [0.25, 0.3) is 5.91 Å². The third kappa shape index (κ3) is 6.21. The summed E-state index contributed by atoms with van der Waals surface area (Å²) in [6, 6.07) is 21.4. The summed E-state index contributed by atoms with van der Waals surface area (Å²) in [7, 11) is 1.56. The number of tetrazole rings is 1. The van der Waals surface area contributed by atoms with E-state index in [1.165, 1.54) is 0 Å². The van der Waals surface area contributed by atoms with Crippen LogP contribution in [0.15, 0.2) is 66.7 Å². The second kappa shape index (κ2) is 13.4. The number of aryl methyl sites for hydroxylation is 1. The van der Waals surface area contributed by atoms with E-state index in [1.807, 2.05) is 47.4 Å². The molecule has 1 unspecified atom stereocenters. The maximum Gasteiger partial charge on any atom is 0.257 e. The molecule has 10 nitrogen and oxygen atoms in total. The predicted octanol–water partition coefficient (Wildman–Crippen LogP) is 5.20. The molecule has 1 atom stereocenters. The number of piperidine rings is 1. The topological polar surface area (TPSA) is 105 Å². The Balaban J connectivity index is 1.23. The maximum absolute atomic E-state index is 14.1. The average molecular weight is 663 g/mol. The summed E-state index contributed by atoms with van der Waals surface area (Å²) < 4.78 is 7.21. The lowest BCUT2D eigenvalue weighted by Gasteiger charge is -2.43. The molecule has 240 valence electrons. The lowest BCUT2D eigenvalue weighted by atomic mass is 9.76. The number of carbonyl (C=O) groups excluding carboxylic acids is 2. The van der Waals surface area contributed by atoms with Crippen LogP contribution >= 0.6 is 23.2 Å². The van der Waals surface area contributed by atoms with Crippen molar-refractivity contribution in [2.45, 2.75) is 43.6 Å². The van der Waals surface area contributed by atoms with E-state index in [-0.39, 0.29) is 16.9 Å². The average Bonchev–Trinajstić information content (AvgIpc) is 3.73. The summed E-state index contributed by atoms with van der Waals surface area (Å²) in [4.78, 5) is 30.1. The van der Waals surface area contributed by atoms with Gasteiger partial charge in [0, 0.05) is 31.6 Å². The van der Waals surface area contributed by atoms with Crippen LogP contribution in [0.25, 0.3) is 5.69 Å². The number of hydrogen-bond acceptors (Lipinski definition) is 7. The molecule has 1 N–H and O–H groups in total. The standard InChI is InChI=1S/C34H37Cl2N7O3/c1-24-38-39-40-43(24)27-9-11-31(46-2)28(21-27)32(45)42-19-13-33(22-42,26-8-10-29(35)30(36)20-26)12-16-41-17-14-34(15-18-41,37-23-44)25-6-4-3-5-7-25/h3-11,20-21,23H,12-19,22H2,1-2H3,(H,37,44). The van der Waals surface area contributed by atoms with Gasteiger partial charge in [0.2, 0.25) is 6.41 Å². The lowest BCUT2D eigenvalue weighted by molar-refractivity contribution is -0.112. The second-order valence-electron chi connectivity index (χ2n) is 12.2. The molecule has 2 aliphatic heterocycles. The van der Waals surface area contributed by atoms with Crippen molar-refractivity contribution in [2.75, 3.05) is 39.8 Å². The van der Waals surface area contributed by atoms with Gasteiger partial charge in [-0.3, -0.25) is 9.59 Å². The Labute approximate surface area is 278 Å². The van der Waals surface area contributed by atoms with Gasteiger partial charge in [-0.25, -0.2) is 0 Å². The van der Waals surface area contributed by atoms with E-state index in [9.17, 15) is 9.59 Å². The van der Waals surface area contributed by atoms with Crippen molar-refractivity contribution in [1.29, 1.82) is 0 Å². The van der Waals surface area contributed by atoms with Crippen LogP contribution in [0.4, 0.5) is 0 Å². The second-order valence-corrected chi connectivity index (χ2v) is 13.0. The summed E-state index contributed by atoms with van der Waals surface area (Å²) in [6.45, 7) is 5.44. The van der Waals surface area contributed by atoms with Crippen LogP contribution in [0.1, 0.15) is 53.0 Å². The number of benzene rings is 3. The van der Waals surface area contributed by atoms with Crippen LogP contribution in [0.5, 0.6) is 5.75 Å². The Morgan fingerprint density at radius 2 is 1.76 bits per heavy atom. The number of aromatic nitrogens is 4. The van der Waals surface area contributed by atoms with E-state index in [4.69, 9.17) is 27.9 Å². The fourth-order valence-electron chi connectivity index (χ4n) is 7.01. The van der Waals surface area contributed by atoms with Gasteiger partial charge in [-0.15, -0.1) is 5.10 Å². The van der Waals surface area contributed by atoms with Gasteiger partial charge in [-0.05, 0) is 91.0 Å². The third-order valence-electron chi connectivity index (χ3n) is 9.73. The number of nitrogens with zero attached hydrogens (tertiary/aromatic N) is 6. The largest absolute Gasteiger partial charge is 0.496 e. The van der Waals surface area contributed by atoms with E-state index >= 15 is 0 Å². The van der Waals surface area contributed by atoms with E-state index < -0.39 is 0 Å². The fourth-order valence-corrected chi connectivity index (χ4v) is 7.31. The van der Waals surface area contributed by atoms with Gasteiger partial charge < -0.3 is 19.9 Å². The van der Waals surface area contributed by atoms with Crippen LogP contribution in [0.2, 0.25) is 10.0 Å². The van der Waals surface area contributed by atoms with Crippen molar-refractivity contribution in [3.05, 3.63) is 99.3 Å². The summed E-state index contributed by atoms with van der Waals surface area (Å²) in [5.74, 6) is 0.992. The Kier molecular flexibility index (Phi) is 9.31. The molecular weight excluding hydrogens is 625 g/mol. The number of nitrogens with one attached hydrogen (secondary N) is 1. The molecule has 1 aromatic heterocycles. The van der Waals surface area contributed by atoms with Crippen molar-refractivity contribution in [2.24, 2.45) is 0 Å². The first-order chi connectivity index (χ1) is 22.3. The fraction of sp³-hybridized carbons (Fsp3) is 0.382. The number of rotatable bonds is 10. The van der Waals surface area contributed by atoms with Crippen LogP contribution in [-0.2, 0) is 15.7 Å². The summed E-state index contributed by atoms with van der Waals surface area (Å²) in [5, 5.41) is 15.9. The van der Waals surface area contributed by atoms with E-state index in [0.29, 0.717) is 46.0 Å². The van der Waals surface area contributed by atoms with E-state index in [1.54, 1.807) is 30.8 Å². The number of carbonyl (C=O) groups is 2. The molecule has 0 aliphatic carbocycles. The van der Waals surface area contributed by atoms with Crippen LogP contribution in [-0.4, -0.2) is 82.2 Å². The van der Waals surface area contributed by atoms with Gasteiger partial charge in [0.05, 0.1) is 33.9 Å². The molecule has 2 fully saturated rings. The molecular formula is C34H37Cl2N7O3. The molecule has 2 saturated heterocycles. The zero-order chi connectivity index (χ0) is 32.3. The summed E-state index contributed by atoms with van der Waals surface area (Å²) in [6.07, 6.45) is 4.06. The Morgan fingerprint density at radius 3 is 2.43 bits per heavy atom. The predicted molar refractivity (Wildman–Crippen MR) is 177 cm³/mol. The quantitative estimate of drug-likeness (QED) is 0.233. The number of likely N-dealkylation sites (tertiary alicyclic amines) is 2. The minimum absolute atomic E-state index is 0.114. The Bertz CT molecular complexity index is 1710. The number of amides is 2. The van der Waals surface area contributed by atoms with Crippen LogP contribution in [0, 0.1) is 6.92 Å². The highest BCUT2D eigenvalue weighted by Gasteiger charge is 2.43. The van der Waals surface area contributed by atoms with Crippen molar-refractivity contribution in [3.8, 4) is 11.4 Å². The number of hydrogen-bond donors (Lipinski definition) is 1. The van der Waals surface area contributed by atoms with Gasteiger partial charge >= 0.3 is 0 Å². The molecule has 12 heteroatoms. The van der Waals surface area contributed by atoms with E-state index in [2.05, 4.69) is 37.9 Å². The van der Waals surface area contributed by atoms with Crippen LogP contribution < -0.4 is 10.1 Å². The van der Waals surface area contributed by atoms with Gasteiger partial charge in [-0.1, -0.05) is 59.6 Å². The molecule has 6 rings (SSSR count). The first-order valence-corrected chi connectivity index (χ1v) is 16.2. The minimum atomic E-state index is -0.369. The normalized spacial score (nSPS) is 19.6. The van der Waals surface area contributed by atoms with Crippen molar-refractivity contribution < 1.29 is 14.3 Å². The Hall–Kier alpha value is -3.99. The zero-order valence-corrected chi connectivity index (χ0v) is 27.5. The van der Waals surface area contributed by atoms with Gasteiger partial charge in [-0.2, -0.15) is 4.68 Å². The van der Waals surface area contributed by atoms with Crippen molar-refractivity contribution in [1.82, 2.24) is 35.3 Å². The van der Waals surface area contributed by atoms with E-state index in [0.717, 1.165) is 62.9 Å². The highest BCUT2D eigenvalue weighted by molar-refractivity contribution is 6.42. The minimum Gasteiger partial charge on any atom is -0.496 e. The monoisotopic (exact) mass is 661 g/mol. The maximum atomic E-state index is 14.1. The Morgan fingerprint density at radius 1 is 0.978 bits per heavy atom. The highest BCUT2D eigenvalue weighted by Crippen LogP contribution is 2.42. The van der Waals surface area contributed by atoms with Crippen LogP contribution in [0.3, 0.4) is 0 Å². The number of methoxy groups -OCH3 is 1. The summed E-state index contributed by atoms with van der Waals surface area (Å²) >= 11 is 12.9. The SMILES string of the molecule is COc1ccc(-n2nnnc2C)cc1C(=O)N1CCC(CCN2CCC(NC=O)(c3ccccc3)CC2)(c2ccc(Cl)c(Cl)c2)C1. The molecule has 4 aromatic rings. The molecule has 0 saturated carbocycles. The molecule has 3 aromatic carbocycles. The number of ether oxygens (including phenoxy) is 1. The molecule has 0 spiro atoms. The molecule has 2 amide bonds. The third-order valence-corrected chi connectivity index (χ3v) is 10.5. The van der Waals surface area contributed by atoms with Crippen molar-refractivity contribution >= 4 is 35.5 Å². The molecule has 46 heavy (non-hydrogen) atoms. The highest BCUT2D eigenvalue weighted by atomic mass is 35.5. The molecule has 0 radical (unpaired) electrons. The first kappa shape index (κ1) is 32.0. The number of halogens is 2. The molecule has 0 bridgehead atoms. The summed E-state index contributed by atoms with van der Waals surface area (Å²) in [5.41, 5.74) is 2.65. The van der Waals surface area contributed by atoms with Gasteiger partial charge in [0.15, 0.2) is 5.82 Å². The molecule has 3 heterocycles. The zero-order valence-electron chi connectivity index (χ0n) is 26.0. The smallest absolute Gasteiger partial charge is 0.257 e. The lowest BCUT2D eigenvalue weighted by Crippen LogP contribution is -2.51. The molecule has 2 aliphatic rings. The van der Waals surface area contributed by atoms with Gasteiger partial charge in [0.1, 0.15) is 5.75 Å². The van der Waals surface area contributed by atoms with Crippen molar-refractivity contribution in [3.63, 3.8) is 0 Å². The first-order valence-electron chi connectivity index (χ1n) is 15.4.